The van der Waals surface area contributed by atoms with Crippen molar-refractivity contribution < 1.29 is 9.59 Å². The highest BCUT2D eigenvalue weighted by Crippen LogP contribution is 2.19. The largest absolute Gasteiger partial charge is 0.339 e. The fraction of sp³-hybridized carbons (Fsp3) is 0.857. The summed E-state index contributed by atoms with van der Waals surface area (Å²) in [6.07, 6.45) is 4.26. The van der Waals surface area contributed by atoms with E-state index in [2.05, 4.69) is 11.9 Å². The van der Waals surface area contributed by atoms with Gasteiger partial charge in [0.05, 0.1) is 0 Å². The first kappa shape index (κ1) is 14.3. The maximum absolute atomic E-state index is 12.3. The summed E-state index contributed by atoms with van der Waals surface area (Å²) in [6, 6.07) is 0.409. The van der Waals surface area contributed by atoms with Crippen molar-refractivity contribution in [3.63, 3.8) is 0 Å². The highest BCUT2D eigenvalue weighted by atomic mass is 16.2. The molecular weight excluding hydrogens is 242 g/mol. The van der Waals surface area contributed by atoms with Crippen LogP contribution in [-0.4, -0.2) is 72.3 Å². The Labute approximate surface area is 115 Å². The average Bonchev–Trinajstić information content (AvgIpc) is 2.41. The van der Waals surface area contributed by atoms with Crippen LogP contribution in [0.4, 0.5) is 0 Å². The van der Waals surface area contributed by atoms with E-state index in [4.69, 9.17) is 0 Å². The number of carbonyl (C=O) groups excluding carboxylic acids is 2. The fourth-order valence-corrected chi connectivity index (χ4v) is 3.00. The van der Waals surface area contributed by atoms with Crippen molar-refractivity contribution in [2.45, 2.75) is 38.6 Å². The molecule has 5 nitrogen and oxygen atoms in total. The second-order valence-corrected chi connectivity index (χ2v) is 5.72. The zero-order valence-corrected chi connectivity index (χ0v) is 12.1. The Balaban J connectivity index is 1.79. The minimum Gasteiger partial charge on any atom is -0.339 e. The molecule has 0 radical (unpaired) electrons. The molecule has 0 N–H and O–H groups in total. The predicted octanol–water partition coefficient (Wildman–Crippen LogP) is 0.552. The summed E-state index contributed by atoms with van der Waals surface area (Å²) in [5, 5.41) is 0. The van der Waals surface area contributed by atoms with E-state index < -0.39 is 0 Å². The minimum absolute atomic E-state index is 0.110. The van der Waals surface area contributed by atoms with Crippen molar-refractivity contribution in [2.75, 3.05) is 39.8 Å². The zero-order valence-electron chi connectivity index (χ0n) is 12.1. The molecule has 0 aromatic heterocycles. The molecule has 2 aliphatic rings. The lowest BCUT2D eigenvalue weighted by molar-refractivity contribution is -0.139. The van der Waals surface area contributed by atoms with E-state index in [9.17, 15) is 9.59 Å². The van der Waals surface area contributed by atoms with Gasteiger partial charge in [0.25, 0.3) is 0 Å². The number of nitrogens with zero attached hydrogens (tertiary/aromatic N) is 3. The first-order valence-electron chi connectivity index (χ1n) is 7.31. The molecule has 2 heterocycles. The molecule has 108 valence electrons. The maximum Gasteiger partial charge on any atom is 0.224 e. The van der Waals surface area contributed by atoms with Crippen LogP contribution in [0.3, 0.4) is 0 Å². The normalized spacial score (nSPS) is 25.5. The summed E-state index contributed by atoms with van der Waals surface area (Å²) in [5.74, 6) is 0.362. The number of piperazine rings is 1. The van der Waals surface area contributed by atoms with Gasteiger partial charge in [-0.05, 0) is 26.4 Å². The molecule has 0 saturated carbocycles. The number of likely N-dealkylation sites (tertiary alicyclic amines) is 1. The molecule has 2 aliphatic heterocycles. The van der Waals surface area contributed by atoms with Gasteiger partial charge in [-0.15, -0.1) is 0 Å². The lowest BCUT2D eigenvalue weighted by atomic mass is 9.99. The molecular formula is C14H25N3O2. The lowest BCUT2D eigenvalue weighted by Gasteiger charge is -2.37. The first-order valence-corrected chi connectivity index (χ1v) is 7.31. The highest BCUT2D eigenvalue weighted by molar-refractivity contribution is 5.78. The summed E-state index contributed by atoms with van der Waals surface area (Å²) in [7, 11) is 2.12. The van der Waals surface area contributed by atoms with Crippen LogP contribution in [0.2, 0.25) is 0 Å². The van der Waals surface area contributed by atoms with Crippen LogP contribution in [0.25, 0.3) is 0 Å². The van der Waals surface area contributed by atoms with E-state index in [0.29, 0.717) is 38.6 Å². The van der Waals surface area contributed by atoms with Crippen LogP contribution in [0.5, 0.6) is 0 Å². The van der Waals surface area contributed by atoms with Crippen molar-refractivity contribution in [3.05, 3.63) is 0 Å². The Morgan fingerprint density at radius 3 is 2.21 bits per heavy atom. The van der Waals surface area contributed by atoms with Crippen LogP contribution in [0.15, 0.2) is 0 Å². The molecule has 0 aliphatic carbocycles. The Morgan fingerprint density at radius 1 is 1.00 bits per heavy atom. The number of piperidine rings is 1. The molecule has 0 spiro atoms. The molecule has 19 heavy (non-hydrogen) atoms. The Bertz CT molecular complexity index is 338. The lowest BCUT2D eigenvalue weighted by Crippen LogP contribution is -2.51. The van der Waals surface area contributed by atoms with E-state index in [1.165, 1.54) is 12.8 Å². The predicted molar refractivity (Wildman–Crippen MR) is 73.7 cm³/mol. The summed E-state index contributed by atoms with van der Waals surface area (Å²) in [5.41, 5.74) is 0. The molecule has 5 heteroatoms. The van der Waals surface area contributed by atoms with E-state index in [0.717, 1.165) is 13.0 Å². The van der Waals surface area contributed by atoms with Crippen molar-refractivity contribution in [2.24, 2.45) is 0 Å². The monoisotopic (exact) mass is 267 g/mol. The number of rotatable bonds is 2. The molecule has 1 atom stereocenters. The molecule has 2 fully saturated rings. The van der Waals surface area contributed by atoms with Gasteiger partial charge >= 0.3 is 0 Å². The third kappa shape index (κ3) is 3.69. The minimum atomic E-state index is 0.110. The van der Waals surface area contributed by atoms with Crippen molar-refractivity contribution in [1.82, 2.24) is 14.7 Å². The first-order chi connectivity index (χ1) is 9.08. The quantitative estimate of drug-likeness (QED) is 0.734. The van der Waals surface area contributed by atoms with Crippen LogP contribution in [0.1, 0.15) is 32.6 Å². The van der Waals surface area contributed by atoms with E-state index in [1.807, 2.05) is 9.80 Å². The standard InChI is InChI=1S/C14H25N3O2/c1-12(18)16-7-9-17(10-8-16)14(19)11-13-5-3-4-6-15(13)2/h13H,3-11H2,1-2H3. The third-order valence-electron chi connectivity index (χ3n) is 4.41. The molecule has 2 amide bonds. The van der Waals surface area contributed by atoms with Gasteiger partial charge in [-0.25, -0.2) is 0 Å². The highest BCUT2D eigenvalue weighted by Gasteiger charge is 2.27. The Kier molecular flexibility index (Phi) is 4.80. The Hall–Kier alpha value is -1.10. The van der Waals surface area contributed by atoms with Gasteiger partial charge < -0.3 is 14.7 Å². The second kappa shape index (κ2) is 6.37. The number of amides is 2. The van der Waals surface area contributed by atoms with Gasteiger partial charge in [0.15, 0.2) is 0 Å². The molecule has 2 saturated heterocycles. The van der Waals surface area contributed by atoms with E-state index >= 15 is 0 Å². The van der Waals surface area contributed by atoms with E-state index in [-0.39, 0.29) is 11.8 Å². The SMILES string of the molecule is CC(=O)N1CCN(C(=O)CC2CCCCN2C)CC1. The molecule has 1 unspecified atom stereocenters. The van der Waals surface area contributed by atoms with Gasteiger partial charge in [0.2, 0.25) is 11.8 Å². The fourth-order valence-electron chi connectivity index (χ4n) is 3.00. The van der Waals surface area contributed by atoms with Crippen LogP contribution in [-0.2, 0) is 9.59 Å². The van der Waals surface area contributed by atoms with Crippen molar-refractivity contribution >= 4 is 11.8 Å². The third-order valence-corrected chi connectivity index (χ3v) is 4.41. The van der Waals surface area contributed by atoms with Crippen molar-refractivity contribution in [1.29, 1.82) is 0 Å². The Morgan fingerprint density at radius 2 is 1.63 bits per heavy atom. The summed E-state index contributed by atoms with van der Waals surface area (Å²) >= 11 is 0. The number of hydrogen-bond acceptors (Lipinski definition) is 3. The molecule has 0 bridgehead atoms. The van der Waals surface area contributed by atoms with E-state index in [1.54, 1.807) is 6.92 Å². The van der Waals surface area contributed by atoms with Crippen LogP contribution in [0, 0.1) is 0 Å². The van der Waals surface area contributed by atoms with Gasteiger partial charge in [0, 0.05) is 45.6 Å². The number of carbonyl (C=O) groups is 2. The molecule has 2 rings (SSSR count). The van der Waals surface area contributed by atoms with Crippen molar-refractivity contribution in [3.8, 4) is 0 Å². The summed E-state index contributed by atoms with van der Waals surface area (Å²) in [4.78, 5) is 29.6. The smallest absolute Gasteiger partial charge is 0.224 e. The van der Waals surface area contributed by atoms with Crippen LogP contribution >= 0.6 is 0 Å². The average molecular weight is 267 g/mol. The summed E-state index contributed by atoms with van der Waals surface area (Å²) < 4.78 is 0. The van der Waals surface area contributed by atoms with Gasteiger partial charge in [-0.3, -0.25) is 9.59 Å². The molecule has 0 aromatic rings. The summed E-state index contributed by atoms with van der Waals surface area (Å²) in [6.45, 7) is 5.44. The van der Waals surface area contributed by atoms with Gasteiger partial charge in [0.1, 0.15) is 0 Å². The van der Waals surface area contributed by atoms with Crippen LogP contribution < -0.4 is 0 Å². The molecule has 0 aromatic carbocycles. The second-order valence-electron chi connectivity index (χ2n) is 5.72. The zero-order chi connectivity index (χ0) is 13.8. The maximum atomic E-state index is 12.3. The topological polar surface area (TPSA) is 43.9 Å². The number of hydrogen-bond donors (Lipinski definition) is 0. The van der Waals surface area contributed by atoms with Gasteiger partial charge in [-0.1, -0.05) is 6.42 Å². The van der Waals surface area contributed by atoms with Gasteiger partial charge in [-0.2, -0.15) is 0 Å².